The summed E-state index contributed by atoms with van der Waals surface area (Å²) in [6.45, 7) is 7.33. The molecule has 152 valence electrons. The average molecular weight is 379 g/mol. The maximum atomic E-state index is 12.2. The van der Waals surface area contributed by atoms with Crippen molar-refractivity contribution in [2.75, 3.05) is 20.7 Å². The minimum Gasteiger partial charge on any atom is -0.465 e. The van der Waals surface area contributed by atoms with Gasteiger partial charge in [-0.1, -0.05) is 44.7 Å². The van der Waals surface area contributed by atoms with Gasteiger partial charge < -0.3 is 19.6 Å². The van der Waals surface area contributed by atoms with Gasteiger partial charge in [-0.05, 0) is 42.5 Å². The molecule has 0 saturated heterocycles. The second-order valence-electron chi connectivity index (χ2n) is 7.17. The molecular weight excluding hydrogens is 344 g/mol. The second-order valence-corrected chi connectivity index (χ2v) is 7.17. The summed E-state index contributed by atoms with van der Waals surface area (Å²) in [5, 5.41) is 9.12. The Hall–Kier alpha value is -2.24. The van der Waals surface area contributed by atoms with E-state index >= 15 is 0 Å². The molecule has 1 N–H and O–H groups in total. The first-order valence-corrected chi connectivity index (χ1v) is 9.67. The third-order valence-electron chi connectivity index (χ3n) is 4.86. The number of carboxylic acid groups (broad SMARTS) is 1. The highest BCUT2D eigenvalue weighted by Gasteiger charge is 2.16. The monoisotopic (exact) mass is 378 g/mol. The number of hydrogen-bond donors (Lipinski definition) is 1. The minimum absolute atomic E-state index is 0.324. The number of hydrogen-bond acceptors (Lipinski definition) is 3. The molecule has 6 nitrogen and oxygen atoms in total. The number of aryl methyl sites for hydroxylation is 1. The summed E-state index contributed by atoms with van der Waals surface area (Å²) in [7, 11) is 3.28. The molecule has 0 fully saturated rings. The zero-order valence-corrected chi connectivity index (χ0v) is 17.4. The van der Waals surface area contributed by atoms with Crippen LogP contribution in [-0.4, -0.2) is 47.8 Å². The van der Waals surface area contributed by atoms with Gasteiger partial charge in [-0.15, -0.1) is 0 Å². The first kappa shape index (κ1) is 22.8. The molecule has 0 unspecified atom stereocenters. The third kappa shape index (κ3) is 7.49. The summed E-state index contributed by atoms with van der Waals surface area (Å²) >= 11 is 0. The van der Waals surface area contributed by atoms with E-state index in [0.717, 1.165) is 35.1 Å². The maximum absolute atomic E-state index is 12.2. The zero-order chi connectivity index (χ0) is 20.4. The van der Waals surface area contributed by atoms with Crippen LogP contribution in [0.2, 0.25) is 0 Å². The van der Waals surface area contributed by atoms with E-state index in [0.29, 0.717) is 19.7 Å². The fraction of sp³-hybridized carbons (Fsp3) is 0.619. The number of unbranched alkanes of at least 4 members (excludes halogenated alkanes) is 4. The van der Waals surface area contributed by atoms with Crippen molar-refractivity contribution in [2.45, 2.75) is 66.0 Å². The largest absolute Gasteiger partial charge is 0.465 e. The Labute approximate surface area is 163 Å². The van der Waals surface area contributed by atoms with Gasteiger partial charge in [-0.3, -0.25) is 0 Å². The number of ether oxygens (including phenoxy) is 1. The molecule has 1 aromatic carbocycles. The second kappa shape index (κ2) is 11.5. The first-order chi connectivity index (χ1) is 12.8. The van der Waals surface area contributed by atoms with E-state index in [9.17, 15) is 9.59 Å². The van der Waals surface area contributed by atoms with Crippen molar-refractivity contribution in [3.8, 4) is 0 Å². The van der Waals surface area contributed by atoms with E-state index in [-0.39, 0.29) is 6.09 Å². The van der Waals surface area contributed by atoms with E-state index in [1.807, 2.05) is 26.0 Å². The predicted octanol–water partition coefficient (Wildman–Crippen LogP) is 4.95. The van der Waals surface area contributed by atoms with Crippen LogP contribution in [0.15, 0.2) is 12.1 Å². The lowest BCUT2D eigenvalue weighted by molar-refractivity contribution is 0.107. The van der Waals surface area contributed by atoms with E-state index in [2.05, 4.69) is 6.92 Å². The summed E-state index contributed by atoms with van der Waals surface area (Å²) in [6, 6.07) is 3.96. The van der Waals surface area contributed by atoms with Crippen LogP contribution in [0.25, 0.3) is 0 Å². The molecule has 0 aliphatic carbocycles. The van der Waals surface area contributed by atoms with Crippen LogP contribution in [-0.2, 0) is 17.8 Å². The van der Waals surface area contributed by atoms with E-state index in [1.165, 1.54) is 24.2 Å². The van der Waals surface area contributed by atoms with Crippen LogP contribution in [0.1, 0.15) is 61.3 Å². The molecule has 0 atom stereocenters. The van der Waals surface area contributed by atoms with Gasteiger partial charge in [0.05, 0.1) is 6.61 Å². The van der Waals surface area contributed by atoms with Crippen LogP contribution in [0.3, 0.4) is 0 Å². The minimum atomic E-state index is -0.959. The van der Waals surface area contributed by atoms with Gasteiger partial charge >= 0.3 is 12.2 Å². The number of nitrogens with zero attached hydrogens (tertiary/aromatic N) is 2. The molecular formula is C21H34N2O4. The third-order valence-corrected chi connectivity index (χ3v) is 4.86. The highest BCUT2D eigenvalue weighted by atomic mass is 16.6. The Morgan fingerprint density at radius 1 is 1.00 bits per heavy atom. The van der Waals surface area contributed by atoms with Gasteiger partial charge in [-0.25, -0.2) is 9.59 Å². The summed E-state index contributed by atoms with van der Waals surface area (Å²) in [4.78, 5) is 26.1. The summed E-state index contributed by atoms with van der Waals surface area (Å²) < 4.78 is 5.35. The molecule has 27 heavy (non-hydrogen) atoms. The highest BCUT2D eigenvalue weighted by Crippen LogP contribution is 2.21. The quantitative estimate of drug-likeness (QED) is 0.585. The number of rotatable bonds is 10. The lowest BCUT2D eigenvalue weighted by Crippen LogP contribution is -2.28. The highest BCUT2D eigenvalue weighted by molar-refractivity contribution is 5.67. The average Bonchev–Trinajstić information content (AvgIpc) is 2.63. The molecule has 0 aliphatic heterocycles. The predicted molar refractivity (Wildman–Crippen MR) is 107 cm³/mol. The van der Waals surface area contributed by atoms with Crippen molar-refractivity contribution >= 4 is 12.2 Å². The maximum Gasteiger partial charge on any atom is 0.409 e. The van der Waals surface area contributed by atoms with Crippen LogP contribution in [0.4, 0.5) is 9.59 Å². The Bertz CT molecular complexity index is 631. The van der Waals surface area contributed by atoms with Crippen molar-refractivity contribution in [3.63, 3.8) is 0 Å². The summed E-state index contributed by atoms with van der Waals surface area (Å²) in [6.07, 6.45) is 4.30. The summed E-state index contributed by atoms with van der Waals surface area (Å²) in [5.74, 6) is 0. The number of carbonyl (C=O) groups excluding carboxylic acids is 1. The Balaban J connectivity index is 2.64. The fourth-order valence-corrected chi connectivity index (χ4v) is 2.96. The van der Waals surface area contributed by atoms with E-state index in [4.69, 9.17) is 9.84 Å². The van der Waals surface area contributed by atoms with Gasteiger partial charge in [-0.2, -0.15) is 0 Å². The Kier molecular flexibility index (Phi) is 9.68. The van der Waals surface area contributed by atoms with Gasteiger partial charge in [0.25, 0.3) is 0 Å². The molecule has 2 amide bonds. The fourth-order valence-electron chi connectivity index (χ4n) is 2.96. The van der Waals surface area contributed by atoms with Crippen LogP contribution >= 0.6 is 0 Å². The van der Waals surface area contributed by atoms with Crippen molar-refractivity contribution in [2.24, 2.45) is 0 Å². The SMILES string of the molecule is CCCCCCCOC(=O)N(C)Cc1ccc(C)c(CN(C)C(=O)O)c1C. The van der Waals surface area contributed by atoms with Gasteiger partial charge in [0.15, 0.2) is 0 Å². The molecule has 1 aromatic rings. The normalized spacial score (nSPS) is 10.6. The molecule has 0 aromatic heterocycles. The molecule has 0 spiro atoms. The molecule has 0 radical (unpaired) electrons. The van der Waals surface area contributed by atoms with Crippen LogP contribution in [0, 0.1) is 13.8 Å². The van der Waals surface area contributed by atoms with Crippen molar-refractivity contribution in [1.29, 1.82) is 0 Å². The Morgan fingerprint density at radius 3 is 2.30 bits per heavy atom. The molecule has 6 heteroatoms. The molecule has 0 aliphatic rings. The molecule has 0 saturated carbocycles. The standard InChI is InChI=1S/C21H34N2O4/c1-6-7-8-9-10-13-27-21(26)23(5)14-18-12-11-16(2)19(17(18)3)15-22(4)20(24)25/h11-12H,6-10,13-15H2,1-5H3,(H,24,25). The summed E-state index contributed by atoms with van der Waals surface area (Å²) in [5.41, 5.74) is 4.04. The lowest BCUT2D eigenvalue weighted by atomic mass is 9.97. The van der Waals surface area contributed by atoms with Crippen LogP contribution < -0.4 is 0 Å². The molecule has 1 rings (SSSR count). The van der Waals surface area contributed by atoms with Gasteiger partial charge in [0.2, 0.25) is 0 Å². The Morgan fingerprint density at radius 2 is 1.67 bits per heavy atom. The van der Waals surface area contributed by atoms with E-state index < -0.39 is 6.09 Å². The van der Waals surface area contributed by atoms with Crippen molar-refractivity contribution in [3.05, 3.63) is 34.4 Å². The first-order valence-electron chi connectivity index (χ1n) is 9.67. The van der Waals surface area contributed by atoms with Gasteiger partial charge in [0.1, 0.15) is 0 Å². The molecule has 0 bridgehead atoms. The topological polar surface area (TPSA) is 70.1 Å². The van der Waals surface area contributed by atoms with E-state index in [1.54, 1.807) is 19.0 Å². The van der Waals surface area contributed by atoms with Crippen molar-refractivity contribution in [1.82, 2.24) is 9.80 Å². The lowest BCUT2D eigenvalue weighted by Gasteiger charge is -2.22. The number of benzene rings is 1. The van der Waals surface area contributed by atoms with Gasteiger partial charge in [0, 0.05) is 27.2 Å². The zero-order valence-electron chi connectivity index (χ0n) is 17.4. The number of carbonyl (C=O) groups is 2. The smallest absolute Gasteiger partial charge is 0.409 e. The number of amides is 2. The van der Waals surface area contributed by atoms with Crippen LogP contribution in [0.5, 0.6) is 0 Å². The molecule has 0 heterocycles. The van der Waals surface area contributed by atoms with Crippen molar-refractivity contribution < 1.29 is 19.4 Å².